The van der Waals surface area contributed by atoms with E-state index in [1.807, 2.05) is 6.92 Å². The Balaban J connectivity index is 2.57. The molecule has 5 N–H and O–H groups in total. The molecule has 19 heavy (non-hydrogen) atoms. The molecule has 8 nitrogen and oxygen atoms in total. The molecule has 0 fully saturated rings. The molecular weight excluding hydrogens is 250 g/mol. The van der Waals surface area contributed by atoms with Gasteiger partial charge in [-0.3, -0.25) is 10.1 Å². The Hall–Kier alpha value is -1.93. The fourth-order valence-corrected chi connectivity index (χ4v) is 1.54. The van der Waals surface area contributed by atoms with Gasteiger partial charge < -0.3 is 15.8 Å². The quantitative estimate of drug-likeness (QED) is 0.241. The van der Waals surface area contributed by atoms with Crippen molar-refractivity contribution in [1.82, 2.24) is 4.98 Å². The summed E-state index contributed by atoms with van der Waals surface area (Å²) in [4.78, 5) is 14.3. The van der Waals surface area contributed by atoms with Crippen LogP contribution in [0.25, 0.3) is 0 Å². The number of nitrogens with one attached hydrogen (secondary N) is 2. The summed E-state index contributed by atoms with van der Waals surface area (Å²) in [6.07, 6.45) is 1.72. The van der Waals surface area contributed by atoms with Crippen molar-refractivity contribution < 1.29 is 10.0 Å². The zero-order chi connectivity index (χ0) is 14.3. The Kier molecular flexibility index (Phi) is 5.97. The molecule has 0 aromatic carbocycles. The summed E-state index contributed by atoms with van der Waals surface area (Å²) in [6.45, 7) is 2.75. The molecular formula is C11H19N5O3. The standard InChI is InChI=1S/C11H19N5O3/c1-8(7-17)3-2-4-13-10-5-9(16(18)19)6-11(14-10)15-12/h5-6,8,17H,2-4,7,12H2,1H3,(H2,13,14,15). The van der Waals surface area contributed by atoms with Crippen molar-refractivity contribution >= 4 is 17.3 Å². The van der Waals surface area contributed by atoms with Gasteiger partial charge in [-0.05, 0) is 18.8 Å². The highest BCUT2D eigenvalue weighted by Gasteiger charge is 2.10. The van der Waals surface area contributed by atoms with Crippen LogP contribution in [0.5, 0.6) is 0 Å². The van der Waals surface area contributed by atoms with Gasteiger partial charge in [0.05, 0.1) is 17.1 Å². The van der Waals surface area contributed by atoms with Crippen molar-refractivity contribution in [2.75, 3.05) is 23.9 Å². The Labute approximate surface area is 111 Å². The maximum absolute atomic E-state index is 10.7. The minimum atomic E-state index is -0.498. The van der Waals surface area contributed by atoms with Gasteiger partial charge in [0.15, 0.2) is 0 Å². The largest absolute Gasteiger partial charge is 0.396 e. The first kappa shape index (κ1) is 15.1. The van der Waals surface area contributed by atoms with Gasteiger partial charge >= 0.3 is 0 Å². The molecule has 0 saturated heterocycles. The lowest BCUT2D eigenvalue weighted by Crippen LogP contribution is -2.12. The Bertz CT molecular complexity index is 427. The summed E-state index contributed by atoms with van der Waals surface area (Å²) in [6, 6.07) is 2.62. The summed E-state index contributed by atoms with van der Waals surface area (Å²) in [5.41, 5.74) is 2.22. The first-order valence-corrected chi connectivity index (χ1v) is 6.04. The van der Waals surface area contributed by atoms with Gasteiger partial charge in [0, 0.05) is 13.2 Å². The van der Waals surface area contributed by atoms with E-state index in [4.69, 9.17) is 10.9 Å². The van der Waals surface area contributed by atoms with Crippen LogP contribution in [0.3, 0.4) is 0 Å². The second kappa shape index (κ2) is 7.49. The number of nitro groups is 1. The van der Waals surface area contributed by atoms with Crippen LogP contribution < -0.4 is 16.6 Å². The summed E-state index contributed by atoms with van der Waals surface area (Å²) in [5, 5.41) is 22.6. The Morgan fingerprint density at radius 2 is 2.21 bits per heavy atom. The molecule has 1 heterocycles. The number of aliphatic hydroxyl groups excluding tert-OH is 1. The first-order chi connectivity index (χ1) is 9.06. The minimum absolute atomic E-state index is 0.0748. The highest BCUT2D eigenvalue weighted by Crippen LogP contribution is 2.20. The van der Waals surface area contributed by atoms with Crippen molar-refractivity contribution in [3.63, 3.8) is 0 Å². The van der Waals surface area contributed by atoms with Crippen LogP contribution in [0.4, 0.5) is 17.3 Å². The molecule has 106 valence electrons. The molecule has 1 aromatic heterocycles. The van der Waals surface area contributed by atoms with Crippen LogP contribution in [0.15, 0.2) is 12.1 Å². The zero-order valence-corrected chi connectivity index (χ0v) is 10.8. The number of hydrogen-bond acceptors (Lipinski definition) is 7. The van der Waals surface area contributed by atoms with Crippen molar-refractivity contribution in [3.05, 3.63) is 22.2 Å². The average Bonchev–Trinajstić information content (AvgIpc) is 2.42. The van der Waals surface area contributed by atoms with E-state index in [0.29, 0.717) is 12.4 Å². The molecule has 0 spiro atoms. The number of nitrogens with two attached hydrogens (primary N) is 1. The highest BCUT2D eigenvalue weighted by molar-refractivity contribution is 5.54. The first-order valence-electron chi connectivity index (χ1n) is 6.04. The number of aromatic nitrogens is 1. The van der Waals surface area contributed by atoms with Crippen LogP contribution in [0.2, 0.25) is 0 Å². The van der Waals surface area contributed by atoms with Gasteiger partial charge in [0.2, 0.25) is 0 Å². The van der Waals surface area contributed by atoms with Crippen molar-refractivity contribution in [1.29, 1.82) is 0 Å². The molecule has 1 unspecified atom stereocenters. The van der Waals surface area contributed by atoms with E-state index in [1.54, 1.807) is 0 Å². The lowest BCUT2D eigenvalue weighted by molar-refractivity contribution is -0.384. The van der Waals surface area contributed by atoms with Gasteiger partial charge in [0.25, 0.3) is 5.69 Å². The maximum Gasteiger partial charge on any atom is 0.276 e. The average molecular weight is 269 g/mol. The number of pyridine rings is 1. The van der Waals surface area contributed by atoms with Gasteiger partial charge in [-0.15, -0.1) is 0 Å². The summed E-state index contributed by atoms with van der Waals surface area (Å²) < 4.78 is 0. The number of anilines is 2. The van der Waals surface area contributed by atoms with Gasteiger partial charge in [-0.1, -0.05) is 6.92 Å². The van der Waals surface area contributed by atoms with Gasteiger partial charge in [0.1, 0.15) is 11.6 Å². The van der Waals surface area contributed by atoms with E-state index in [2.05, 4.69) is 15.7 Å². The molecule has 0 aliphatic carbocycles. The lowest BCUT2D eigenvalue weighted by atomic mass is 10.1. The van der Waals surface area contributed by atoms with Gasteiger partial charge in [-0.25, -0.2) is 10.8 Å². The molecule has 0 saturated carbocycles. The van der Waals surface area contributed by atoms with Crippen LogP contribution in [0, 0.1) is 16.0 Å². The fraction of sp³-hybridized carbons (Fsp3) is 0.545. The summed E-state index contributed by atoms with van der Waals surface area (Å²) >= 11 is 0. The van der Waals surface area contributed by atoms with Crippen LogP contribution in [-0.4, -0.2) is 28.2 Å². The molecule has 0 aliphatic heterocycles. The fourth-order valence-electron chi connectivity index (χ4n) is 1.54. The second-order valence-corrected chi connectivity index (χ2v) is 4.35. The van der Waals surface area contributed by atoms with Crippen molar-refractivity contribution in [3.8, 4) is 0 Å². The van der Waals surface area contributed by atoms with Gasteiger partial charge in [-0.2, -0.15) is 0 Å². The van der Waals surface area contributed by atoms with Crippen LogP contribution >= 0.6 is 0 Å². The summed E-state index contributed by atoms with van der Waals surface area (Å²) in [5.74, 6) is 6.10. The minimum Gasteiger partial charge on any atom is -0.396 e. The second-order valence-electron chi connectivity index (χ2n) is 4.35. The number of hydrogen-bond donors (Lipinski definition) is 4. The number of nitrogens with zero attached hydrogens (tertiary/aromatic N) is 2. The molecule has 1 atom stereocenters. The highest BCUT2D eigenvalue weighted by atomic mass is 16.6. The number of aliphatic hydroxyl groups is 1. The van der Waals surface area contributed by atoms with E-state index in [9.17, 15) is 10.1 Å². The monoisotopic (exact) mass is 269 g/mol. The Morgan fingerprint density at radius 3 is 2.79 bits per heavy atom. The third-order valence-electron chi connectivity index (χ3n) is 2.66. The lowest BCUT2D eigenvalue weighted by Gasteiger charge is -2.09. The predicted molar refractivity (Wildman–Crippen MR) is 72.7 cm³/mol. The van der Waals surface area contributed by atoms with Crippen molar-refractivity contribution in [2.45, 2.75) is 19.8 Å². The molecule has 1 rings (SSSR count). The van der Waals surface area contributed by atoms with E-state index in [0.717, 1.165) is 12.8 Å². The number of hydrazine groups is 1. The Morgan fingerprint density at radius 1 is 1.53 bits per heavy atom. The number of nitrogen functional groups attached to an aromatic ring is 1. The van der Waals surface area contributed by atoms with Crippen LogP contribution in [0.1, 0.15) is 19.8 Å². The number of rotatable bonds is 8. The third kappa shape index (κ3) is 5.06. The maximum atomic E-state index is 10.7. The third-order valence-corrected chi connectivity index (χ3v) is 2.66. The molecule has 8 heteroatoms. The predicted octanol–water partition coefficient (Wildman–Crippen LogP) is 1.10. The molecule has 0 aliphatic rings. The van der Waals surface area contributed by atoms with E-state index >= 15 is 0 Å². The van der Waals surface area contributed by atoms with Crippen molar-refractivity contribution in [2.24, 2.45) is 11.8 Å². The zero-order valence-electron chi connectivity index (χ0n) is 10.8. The molecule has 0 bridgehead atoms. The van der Waals surface area contributed by atoms with Crippen LogP contribution in [-0.2, 0) is 0 Å². The molecule has 0 amide bonds. The summed E-state index contributed by atoms with van der Waals surface area (Å²) in [7, 11) is 0. The molecule has 1 aromatic rings. The molecule has 0 radical (unpaired) electrons. The van der Waals surface area contributed by atoms with E-state index in [-0.39, 0.29) is 24.0 Å². The topological polar surface area (TPSA) is 126 Å². The SMILES string of the molecule is CC(CO)CCCNc1cc([N+](=O)[O-])cc(NN)n1. The smallest absolute Gasteiger partial charge is 0.276 e. The van der Waals surface area contributed by atoms with E-state index in [1.165, 1.54) is 12.1 Å². The normalized spacial score (nSPS) is 11.9. The van der Waals surface area contributed by atoms with E-state index < -0.39 is 4.92 Å².